The van der Waals surface area contributed by atoms with Gasteiger partial charge in [-0.05, 0) is 49.9 Å². The number of carbonyl (C=O) groups excluding carboxylic acids is 1. The number of fused-ring (bicyclic) bond motifs is 1. The van der Waals surface area contributed by atoms with Gasteiger partial charge in [0.25, 0.3) is 0 Å². The lowest BCUT2D eigenvalue weighted by molar-refractivity contribution is -0.130. The second-order valence-electron chi connectivity index (χ2n) is 10.6. The van der Waals surface area contributed by atoms with Crippen LogP contribution in [0.2, 0.25) is 0 Å². The summed E-state index contributed by atoms with van der Waals surface area (Å²) in [5.74, 6) is 1.15. The third-order valence-corrected chi connectivity index (χ3v) is 9.32. The van der Waals surface area contributed by atoms with Gasteiger partial charge in [0.15, 0.2) is 0 Å². The molecule has 0 spiro atoms. The minimum atomic E-state index is -3.37. The van der Waals surface area contributed by atoms with E-state index in [-0.39, 0.29) is 37.6 Å². The number of hydrogen-bond acceptors (Lipinski definition) is 9. The van der Waals surface area contributed by atoms with Crippen LogP contribution in [0.4, 0.5) is 11.6 Å². The topological polar surface area (TPSA) is 148 Å². The molecular weight excluding hydrogens is 544 g/mol. The summed E-state index contributed by atoms with van der Waals surface area (Å²) in [6.45, 7) is 2.52. The van der Waals surface area contributed by atoms with Crippen LogP contribution in [-0.4, -0.2) is 101 Å². The highest BCUT2D eigenvalue weighted by Gasteiger charge is 2.31. The Labute approximate surface area is 240 Å². The number of anilines is 2. The molecule has 0 bridgehead atoms. The summed E-state index contributed by atoms with van der Waals surface area (Å²) in [6, 6.07) is 12.1. The van der Waals surface area contributed by atoms with Crippen molar-refractivity contribution >= 4 is 38.5 Å². The van der Waals surface area contributed by atoms with E-state index in [4.69, 9.17) is 10.2 Å². The maximum atomic E-state index is 12.2. The van der Waals surface area contributed by atoms with Crippen molar-refractivity contribution in [3.05, 3.63) is 42.7 Å². The third-order valence-electron chi connectivity index (χ3n) is 7.98. The van der Waals surface area contributed by atoms with Crippen molar-refractivity contribution in [1.29, 1.82) is 5.26 Å². The lowest BCUT2D eigenvalue weighted by atomic mass is 9.91. The quantitative estimate of drug-likeness (QED) is 0.388. The maximum Gasteiger partial charge on any atom is 0.236 e. The standard InChI is InChI=1S/C28H36N8O4S/c1-41(39,40)36(19-20-37)22-7-5-21(6-8-22)31-28-30-13-10-26(32-28)35-14-11-23-24(3-2-4-25(23)35)33-15-17-34(18-16-33)27(38)9-12-29/h2-4,10-11,13-14,21-22,37H,5-9,15-20H2,1H3,(H,30,31,32). The highest BCUT2D eigenvalue weighted by molar-refractivity contribution is 7.88. The van der Waals surface area contributed by atoms with Crippen molar-refractivity contribution in [3.63, 3.8) is 0 Å². The molecule has 2 N–H and O–H groups in total. The summed E-state index contributed by atoms with van der Waals surface area (Å²) in [5.41, 5.74) is 2.11. The predicted octanol–water partition coefficient (Wildman–Crippen LogP) is 1.96. The Morgan fingerprint density at radius 1 is 1.15 bits per heavy atom. The van der Waals surface area contributed by atoms with E-state index in [1.54, 1.807) is 11.1 Å². The highest BCUT2D eigenvalue weighted by atomic mass is 32.2. The zero-order valence-corrected chi connectivity index (χ0v) is 24.0. The smallest absolute Gasteiger partial charge is 0.236 e. The van der Waals surface area contributed by atoms with E-state index in [9.17, 15) is 18.3 Å². The zero-order valence-electron chi connectivity index (χ0n) is 23.2. The number of benzene rings is 1. The number of piperazine rings is 1. The first kappa shape index (κ1) is 28.8. The van der Waals surface area contributed by atoms with E-state index in [1.807, 2.05) is 29.0 Å². The predicted molar refractivity (Wildman–Crippen MR) is 156 cm³/mol. The fourth-order valence-corrected chi connectivity index (χ4v) is 7.13. The molecule has 41 heavy (non-hydrogen) atoms. The van der Waals surface area contributed by atoms with Gasteiger partial charge >= 0.3 is 0 Å². The van der Waals surface area contributed by atoms with Crippen LogP contribution in [-0.2, 0) is 14.8 Å². The molecule has 1 amide bonds. The number of nitriles is 1. The number of nitrogens with zero attached hydrogens (tertiary/aromatic N) is 7. The van der Waals surface area contributed by atoms with E-state index in [1.165, 1.54) is 10.6 Å². The molecule has 3 heterocycles. The molecule has 1 aromatic carbocycles. The zero-order chi connectivity index (χ0) is 29.0. The van der Waals surface area contributed by atoms with Crippen molar-refractivity contribution < 1.29 is 18.3 Å². The third kappa shape index (κ3) is 6.45. The SMILES string of the molecule is CS(=O)(=O)N(CCO)C1CCC(Nc2nccc(-n3ccc4c(N5CCN(C(=O)CC#N)CC5)cccc43)n2)CC1. The summed E-state index contributed by atoms with van der Waals surface area (Å²) < 4.78 is 27.8. The van der Waals surface area contributed by atoms with Gasteiger partial charge in [-0.2, -0.15) is 14.6 Å². The normalized spacial score (nSPS) is 19.9. The molecule has 1 aliphatic heterocycles. The van der Waals surface area contributed by atoms with Crippen LogP contribution < -0.4 is 10.2 Å². The fourth-order valence-electron chi connectivity index (χ4n) is 5.96. The molecule has 2 fully saturated rings. The number of aliphatic hydroxyl groups is 1. The largest absolute Gasteiger partial charge is 0.395 e. The van der Waals surface area contributed by atoms with Crippen LogP contribution in [0.15, 0.2) is 42.7 Å². The van der Waals surface area contributed by atoms with Crippen LogP contribution in [0.1, 0.15) is 32.1 Å². The van der Waals surface area contributed by atoms with E-state index in [0.717, 1.165) is 35.2 Å². The monoisotopic (exact) mass is 580 g/mol. The Hall–Kier alpha value is -3.73. The first-order chi connectivity index (χ1) is 19.8. The van der Waals surface area contributed by atoms with E-state index in [2.05, 4.69) is 33.4 Å². The molecule has 13 heteroatoms. The molecule has 5 rings (SSSR count). The van der Waals surface area contributed by atoms with E-state index < -0.39 is 10.0 Å². The first-order valence-corrected chi connectivity index (χ1v) is 15.8. The molecule has 1 saturated heterocycles. The van der Waals surface area contributed by atoms with Crippen LogP contribution in [0.25, 0.3) is 16.7 Å². The molecule has 2 aromatic heterocycles. The average Bonchev–Trinajstić information content (AvgIpc) is 3.41. The highest BCUT2D eigenvalue weighted by Crippen LogP contribution is 2.31. The number of aromatic nitrogens is 3. The van der Waals surface area contributed by atoms with Gasteiger partial charge in [-0.15, -0.1) is 0 Å². The van der Waals surface area contributed by atoms with Crippen molar-refractivity contribution in [1.82, 2.24) is 23.7 Å². The summed E-state index contributed by atoms with van der Waals surface area (Å²) in [4.78, 5) is 25.4. The number of nitrogens with one attached hydrogen (secondary N) is 1. The minimum absolute atomic E-state index is 0.0815. The Kier molecular flexibility index (Phi) is 8.72. The number of aliphatic hydroxyl groups excluding tert-OH is 1. The second-order valence-corrected chi connectivity index (χ2v) is 12.5. The molecule has 0 atom stereocenters. The van der Waals surface area contributed by atoms with Gasteiger partial charge in [0.2, 0.25) is 21.9 Å². The molecule has 0 radical (unpaired) electrons. The van der Waals surface area contributed by atoms with Crippen molar-refractivity contribution in [2.75, 3.05) is 55.8 Å². The minimum Gasteiger partial charge on any atom is -0.395 e. The van der Waals surface area contributed by atoms with Gasteiger partial charge in [0, 0.05) is 68.3 Å². The summed E-state index contributed by atoms with van der Waals surface area (Å²) >= 11 is 0. The van der Waals surface area contributed by atoms with Gasteiger partial charge in [-0.3, -0.25) is 4.79 Å². The van der Waals surface area contributed by atoms with Crippen LogP contribution in [0.5, 0.6) is 0 Å². The lowest BCUT2D eigenvalue weighted by Gasteiger charge is -2.36. The molecule has 12 nitrogen and oxygen atoms in total. The number of rotatable bonds is 9. The second kappa shape index (κ2) is 12.4. The lowest BCUT2D eigenvalue weighted by Crippen LogP contribution is -2.48. The van der Waals surface area contributed by atoms with Gasteiger partial charge < -0.3 is 24.8 Å². The summed E-state index contributed by atoms with van der Waals surface area (Å²) in [7, 11) is -3.37. The molecule has 218 valence electrons. The Balaban J connectivity index is 1.26. The van der Waals surface area contributed by atoms with Gasteiger partial charge in [-0.25, -0.2) is 13.4 Å². The number of carbonyl (C=O) groups is 1. The maximum absolute atomic E-state index is 12.2. The molecule has 0 unspecified atom stereocenters. The van der Waals surface area contributed by atoms with Crippen LogP contribution in [0, 0.1) is 11.3 Å². The Morgan fingerprint density at radius 2 is 1.90 bits per heavy atom. The number of sulfonamides is 1. The first-order valence-electron chi connectivity index (χ1n) is 14.0. The molecule has 1 aliphatic carbocycles. The molecule has 1 saturated carbocycles. The van der Waals surface area contributed by atoms with Crippen molar-refractivity contribution in [3.8, 4) is 11.9 Å². The van der Waals surface area contributed by atoms with Gasteiger partial charge in [0.05, 0.1) is 24.4 Å². The van der Waals surface area contributed by atoms with Gasteiger partial charge in [-0.1, -0.05) is 6.07 Å². The Bertz CT molecular complexity index is 1520. The Morgan fingerprint density at radius 3 is 2.59 bits per heavy atom. The van der Waals surface area contributed by atoms with Crippen molar-refractivity contribution in [2.24, 2.45) is 0 Å². The van der Waals surface area contributed by atoms with Crippen molar-refractivity contribution in [2.45, 2.75) is 44.2 Å². The van der Waals surface area contributed by atoms with Crippen LogP contribution >= 0.6 is 0 Å². The summed E-state index contributed by atoms with van der Waals surface area (Å²) in [6.07, 6.45) is 7.81. The fraction of sp³-hybridized carbons (Fsp3) is 0.500. The van der Waals surface area contributed by atoms with Crippen LogP contribution in [0.3, 0.4) is 0 Å². The average molecular weight is 581 g/mol. The number of hydrogen-bond donors (Lipinski definition) is 2. The summed E-state index contributed by atoms with van der Waals surface area (Å²) in [5, 5.41) is 22.7. The van der Waals surface area contributed by atoms with Gasteiger partial charge in [0.1, 0.15) is 12.2 Å². The van der Waals surface area contributed by atoms with E-state index >= 15 is 0 Å². The number of amides is 1. The molecule has 2 aliphatic rings. The molecule has 3 aromatic rings. The van der Waals surface area contributed by atoms with E-state index in [0.29, 0.717) is 45.0 Å². The molecular formula is C28H36N8O4S.